The topological polar surface area (TPSA) is 92.6 Å². The third-order valence-corrected chi connectivity index (χ3v) is 7.68. The van der Waals surface area contributed by atoms with Gasteiger partial charge in [0.15, 0.2) is 5.17 Å². The molecule has 0 aromatic heterocycles. The molecule has 5 rings (SSSR count). The molecule has 3 aromatic carbocycles. The van der Waals surface area contributed by atoms with Crippen molar-refractivity contribution >= 4 is 40.1 Å². The standard InChI is InChI=1S/C30H30N4O4S/c1-4-38-24-15-11-22(12-16-24)31-28(35)18-27-29(36)32-30(39-27)34-26(21-9-13-23(37-3)14-10-21)17-25(33-34)20-7-5-19(2)6-8-20/h5-16,26-27H,4,17-18H2,1-3H3,(H,31,35)/t26-,27+/m0/s1. The van der Waals surface area contributed by atoms with Gasteiger partial charge >= 0.3 is 0 Å². The molecule has 9 heteroatoms. The number of ether oxygens (including phenoxy) is 2. The molecule has 0 radical (unpaired) electrons. The number of amidine groups is 1. The van der Waals surface area contributed by atoms with Crippen LogP contribution in [-0.4, -0.2) is 46.7 Å². The number of aliphatic imine (C=N–C) groups is 1. The number of nitrogens with one attached hydrogen (secondary N) is 1. The Bertz CT molecular complexity index is 1400. The average Bonchev–Trinajstić information content (AvgIpc) is 3.54. The van der Waals surface area contributed by atoms with E-state index in [0.29, 0.717) is 23.9 Å². The highest BCUT2D eigenvalue weighted by atomic mass is 32.2. The number of benzene rings is 3. The monoisotopic (exact) mass is 542 g/mol. The Hall–Kier alpha value is -4.11. The fourth-order valence-electron chi connectivity index (χ4n) is 4.48. The molecule has 2 heterocycles. The predicted molar refractivity (Wildman–Crippen MR) is 155 cm³/mol. The number of nitrogens with zero attached hydrogens (tertiary/aromatic N) is 3. The fraction of sp³-hybridized carbons (Fsp3) is 0.267. The first-order valence-corrected chi connectivity index (χ1v) is 13.7. The van der Waals surface area contributed by atoms with Gasteiger partial charge in [0.2, 0.25) is 5.91 Å². The van der Waals surface area contributed by atoms with Crippen molar-refractivity contribution in [2.75, 3.05) is 19.0 Å². The smallest absolute Gasteiger partial charge is 0.262 e. The Morgan fingerprint density at radius 3 is 2.38 bits per heavy atom. The summed E-state index contributed by atoms with van der Waals surface area (Å²) in [6.45, 7) is 4.54. The van der Waals surface area contributed by atoms with Gasteiger partial charge < -0.3 is 14.8 Å². The molecule has 2 aliphatic rings. The Kier molecular flexibility index (Phi) is 7.97. The molecule has 0 saturated carbocycles. The van der Waals surface area contributed by atoms with Gasteiger partial charge in [0.1, 0.15) is 16.7 Å². The number of hydrogen-bond donors (Lipinski definition) is 1. The van der Waals surface area contributed by atoms with Crippen LogP contribution in [0.2, 0.25) is 0 Å². The van der Waals surface area contributed by atoms with E-state index in [0.717, 1.165) is 28.3 Å². The first kappa shape index (κ1) is 26.5. The van der Waals surface area contributed by atoms with Gasteiger partial charge in [0, 0.05) is 18.5 Å². The number of methoxy groups -OCH3 is 1. The first-order valence-electron chi connectivity index (χ1n) is 12.8. The van der Waals surface area contributed by atoms with Gasteiger partial charge in [-0.25, -0.2) is 5.01 Å². The van der Waals surface area contributed by atoms with Crippen molar-refractivity contribution in [1.29, 1.82) is 0 Å². The Morgan fingerprint density at radius 2 is 1.72 bits per heavy atom. The molecule has 200 valence electrons. The van der Waals surface area contributed by atoms with E-state index < -0.39 is 5.25 Å². The van der Waals surface area contributed by atoms with E-state index in [1.807, 2.05) is 36.2 Å². The molecule has 0 fully saturated rings. The van der Waals surface area contributed by atoms with Crippen molar-refractivity contribution in [3.63, 3.8) is 0 Å². The van der Waals surface area contributed by atoms with Crippen LogP contribution in [0.4, 0.5) is 5.69 Å². The summed E-state index contributed by atoms with van der Waals surface area (Å²) < 4.78 is 10.8. The third-order valence-electron chi connectivity index (χ3n) is 6.54. The Morgan fingerprint density at radius 1 is 1.03 bits per heavy atom. The molecule has 2 aliphatic heterocycles. The maximum Gasteiger partial charge on any atom is 0.262 e. The van der Waals surface area contributed by atoms with Crippen LogP contribution in [0.1, 0.15) is 42.5 Å². The van der Waals surface area contributed by atoms with Crippen LogP contribution in [0.5, 0.6) is 11.5 Å². The maximum atomic E-state index is 12.9. The fourth-order valence-corrected chi connectivity index (χ4v) is 5.54. The predicted octanol–water partition coefficient (Wildman–Crippen LogP) is 5.58. The summed E-state index contributed by atoms with van der Waals surface area (Å²) in [5, 5.41) is 9.48. The van der Waals surface area contributed by atoms with E-state index in [1.54, 1.807) is 31.4 Å². The SMILES string of the molecule is CCOc1ccc(NC(=O)C[C@H]2SC(N3N=C(c4ccc(C)cc4)C[C@H]3c3ccc(OC)cc3)=NC2=O)cc1. The van der Waals surface area contributed by atoms with Gasteiger partial charge in [-0.3, -0.25) is 9.59 Å². The van der Waals surface area contributed by atoms with Gasteiger partial charge in [0.05, 0.1) is 25.5 Å². The summed E-state index contributed by atoms with van der Waals surface area (Å²) in [5.41, 5.74) is 4.81. The van der Waals surface area contributed by atoms with Crippen LogP contribution < -0.4 is 14.8 Å². The average molecular weight is 543 g/mol. The molecular formula is C30H30N4O4S. The van der Waals surface area contributed by atoms with Gasteiger partial charge in [-0.15, -0.1) is 0 Å². The minimum Gasteiger partial charge on any atom is -0.497 e. The number of rotatable bonds is 8. The summed E-state index contributed by atoms with van der Waals surface area (Å²) >= 11 is 1.28. The maximum absolute atomic E-state index is 12.9. The number of hydrogen-bond acceptors (Lipinski definition) is 7. The minimum absolute atomic E-state index is 0.0132. The molecule has 39 heavy (non-hydrogen) atoms. The van der Waals surface area contributed by atoms with E-state index in [1.165, 1.54) is 17.3 Å². The summed E-state index contributed by atoms with van der Waals surface area (Å²) in [6.07, 6.45) is 0.672. The van der Waals surface area contributed by atoms with Crippen molar-refractivity contribution in [3.8, 4) is 11.5 Å². The van der Waals surface area contributed by atoms with Crippen LogP contribution in [-0.2, 0) is 9.59 Å². The number of carbonyl (C=O) groups excluding carboxylic acids is 2. The molecule has 8 nitrogen and oxygen atoms in total. The molecule has 0 bridgehead atoms. The molecule has 0 saturated heterocycles. The van der Waals surface area contributed by atoms with Gasteiger partial charge in [0.25, 0.3) is 5.91 Å². The highest BCUT2D eigenvalue weighted by Gasteiger charge is 2.39. The number of thioether (sulfide) groups is 1. The van der Waals surface area contributed by atoms with E-state index in [9.17, 15) is 9.59 Å². The number of carbonyl (C=O) groups is 2. The van der Waals surface area contributed by atoms with Crippen molar-refractivity contribution in [3.05, 3.63) is 89.5 Å². The highest BCUT2D eigenvalue weighted by molar-refractivity contribution is 8.15. The number of hydrazone groups is 1. The lowest BCUT2D eigenvalue weighted by Crippen LogP contribution is -2.25. The summed E-state index contributed by atoms with van der Waals surface area (Å²) in [5.74, 6) is 0.921. The lowest BCUT2D eigenvalue weighted by molar-refractivity contribution is -0.121. The molecule has 0 spiro atoms. The zero-order chi connectivity index (χ0) is 27.4. The third kappa shape index (κ3) is 6.15. The molecule has 0 aliphatic carbocycles. The molecule has 2 amide bonds. The Balaban J connectivity index is 1.31. The van der Waals surface area contributed by atoms with Crippen LogP contribution in [0.25, 0.3) is 0 Å². The minimum atomic E-state index is -0.613. The van der Waals surface area contributed by atoms with Gasteiger partial charge in [-0.2, -0.15) is 10.1 Å². The number of anilines is 1. The molecule has 2 atom stereocenters. The molecule has 3 aromatic rings. The van der Waals surface area contributed by atoms with E-state index >= 15 is 0 Å². The Labute approximate surface area is 232 Å². The highest BCUT2D eigenvalue weighted by Crippen LogP contribution is 2.39. The van der Waals surface area contributed by atoms with E-state index in [4.69, 9.17) is 14.6 Å². The second kappa shape index (κ2) is 11.7. The zero-order valence-corrected chi connectivity index (χ0v) is 22.9. The van der Waals surface area contributed by atoms with Crippen LogP contribution in [0.15, 0.2) is 82.9 Å². The van der Waals surface area contributed by atoms with Crippen molar-refractivity contribution in [2.24, 2.45) is 10.1 Å². The lowest BCUT2D eigenvalue weighted by Gasteiger charge is -2.23. The quantitative estimate of drug-likeness (QED) is 0.400. The number of aryl methyl sites for hydroxylation is 1. The second-order valence-electron chi connectivity index (χ2n) is 9.30. The molecular weight excluding hydrogens is 512 g/mol. The molecule has 1 N–H and O–H groups in total. The summed E-state index contributed by atoms with van der Waals surface area (Å²) in [7, 11) is 1.64. The van der Waals surface area contributed by atoms with Crippen molar-refractivity contribution in [2.45, 2.75) is 38.0 Å². The largest absolute Gasteiger partial charge is 0.497 e. The molecule has 0 unspecified atom stereocenters. The lowest BCUT2D eigenvalue weighted by atomic mass is 9.98. The van der Waals surface area contributed by atoms with Crippen molar-refractivity contribution < 1.29 is 19.1 Å². The van der Waals surface area contributed by atoms with E-state index in [-0.39, 0.29) is 24.3 Å². The van der Waals surface area contributed by atoms with Crippen LogP contribution in [0, 0.1) is 6.92 Å². The second-order valence-corrected chi connectivity index (χ2v) is 10.5. The summed E-state index contributed by atoms with van der Waals surface area (Å²) in [6, 6.07) is 23.1. The van der Waals surface area contributed by atoms with Crippen molar-refractivity contribution in [1.82, 2.24) is 5.01 Å². The van der Waals surface area contributed by atoms with Gasteiger partial charge in [-0.1, -0.05) is 53.7 Å². The normalized spacial score (nSPS) is 18.5. The summed E-state index contributed by atoms with van der Waals surface area (Å²) in [4.78, 5) is 30.0. The van der Waals surface area contributed by atoms with Crippen LogP contribution >= 0.6 is 11.8 Å². The number of amides is 2. The first-order chi connectivity index (χ1) is 18.9. The van der Waals surface area contributed by atoms with E-state index in [2.05, 4.69) is 41.5 Å². The van der Waals surface area contributed by atoms with Gasteiger partial charge in [-0.05, 0) is 61.4 Å². The van der Waals surface area contributed by atoms with Crippen LogP contribution in [0.3, 0.4) is 0 Å². The zero-order valence-electron chi connectivity index (χ0n) is 22.1.